The highest BCUT2D eigenvalue weighted by molar-refractivity contribution is 5.95. The number of fused-ring (bicyclic) bond motifs is 1. The molecule has 5 heteroatoms. The third-order valence-corrected chi connectivity index (χ3v) is 6.45. The number of aromatic nitrogens is 1. The number of amides is 2. The molecule has 1 aromatic carbocycles. The van der Waals surface area contributed by atoms with Crippen LogP contribution in [0.4, 0.5) is 0 Å². The Labute approximate surface area is 178 Å². The number of rotatable bonds is 6. The third-order valence-electron chi connectivity index (χ3n) is 6.45. The van der Waals surface area contributed by atoms with Gasteiger partial charge in [0.1, 0.15) is 0 Å². The summed E-state index contributed by atoms with van der Waals surface area (Å²) < 4.78 is 0. The summed E-state index contributed by atoms with van der Waals surface area (Å²) in [6, 6.07) is 9.80. The van der Waals surface area contributed by atoms with Crippen LogP contribution >= 0.6 is 0 Å². The Balaban J connectivity index is 1.64. The highest BCUT2D eigenvalue weighted by Crippen LogP contribution is 2.38. The zero-order chi connectivity index (χ0) is 21.1. The molecule has 5 nitrogen and oxygen atoms in total. The van der Waals surface area contributed by atoms with Gasteiger partial charge >= 0.3 is 0 Å². The first-order valence-electron chi connectivity index (χ1n) is 11.0. The molecule has 0 unspecified atom stereocenters. The fourth-order valence-electron chi connectivity index (χ4n) is 4.55. The Bertz CT molecular complexity index is 950. The number of benzene rings is 1. The van der Waals surface area contributed by atoms with Gasteiger partial charge in [-0.3, -0.25) is 9.59 Å². The minimum absolute atomic E-state index is 0.0344. The van der Waals surface area contributed by atoms with E-state index in [2.05, 4.69) is 29.2 Å². The van der Waals surface area contributed by atoms with Gasteiger partial charge in [0, 0.05) is 29.5 Å². The molecule has 0 saturated heterocycles. The van der Waals surface area contributed by atoms with Crippen LogP contribution in [0, 0.1) is 12.3 Å². The second kappa shape index (κ2) is 8.79. The zero-order valence-corrected chi connectivity index (χ0v) is 17.5. The van der Waals surface area contributed by atoms with E-state index < -0.39 is 0 Å². The Morgan fingerprint density at radius 2 is 2.00 bits per heavy atom. The van der Waals surface area contributed by atoms with E-state index in [0.717, 1.165) is 49.8 Å². The van der Waals surface area contributed by atoms with E-state index in [-0.39, 0.29) is 23.9 Å². The summed E-state index contributed by atoms with van der Waals surface area (Å²) in [7, 11) is 0. The van der Waals surface area contributed by atoms with Crippen LogP contribution in [0.3, 0.4) is 0 Å². The molecule has 2 atom stereocenters. The predicted molar refractivity (Wildman–Crippen MR) is 117 cm³/mol. The maximum absolute atomic E-state index is 12.8. The summed E-state index contributed by atoms with van der Waals surface area (Å²) >= 11 is 0. The second-order valence-corrected chi connectivity index (χ2v) is 8.40. The van der Waals surface area contributed by atoms with Gasteiger partial charge in [0.2, 0.25) is 0 Å². The van der Waals surface area contributed by atoms with Crippen molar-refractivity contribution in [3.8, 4) is 12.3 Å². The molecule has 2 aromatic rings. The van der Waals surface area contributed by atoms with Crippen molar-refractivity contribution < 1.29 is 9.59 Å². The highest BCUT2D eigenvalue weighted by Gasteiger charge is 2.38. The van der Waals surface area contributed by atoms with Gasteiger partial charge in [-0.05, 0) is 67.4 Å². The van der Waals surface area contributed by atoms with Gasteiger partial charge in [0.05, 0.1) is 6.04 Å². The smallest absolute Gasteiger partial charge is 0.299 e. The molecular weight excluding hydrogens is 374 g/mol. The van der Waals surface area contributed by atoms with Crippen LogP contribution in [0.25, 0.3) is 0 Å². The van der Waals surface area contributed by atoms with Crippen molar-refractivity contribution in [2.24, 2.45) is 0 Å². The number of terminal acetylenes is 1. The Kier molecular flexibility index (Phi) is 5.94. The molecule has 2 amide bonds. The molecule has 0 spiro atoms. The molecule has 1 aliphatic heterocycles. The van der Waals surface area contributed by atoms with E-state index in [4.69, 9.17) is 6.42 Å². The molecule has 4 rings (SSSR count). The number of carbonyl (C=O) groups is 2. The first kappa shape index (κ1) is 20.3. The number of carbonyl (C=O) groups excluding carboxylic acids is 2. The summed E-state index contributed by atoms with van der Waals surface area (Å²) in [5.41, 5.74) is 3.85. The largest absolute Gasteiger partial charge is 0.363 e. The van der Waals surface area contributed by atoms with E-state index in [9.17, 15) is 9.59 Å². The number of H-pyrrole nitrogens is 1. The normalized spacial score (nSPS) is 20.7. The minimum Gasteiger partial charge on any atom is -0.363 e. The number of nitrogens with one attached hydrogen (secondary N) is 2. The van der Waals surface area contributed by atoms with Crippen molar-refractivity contribution in [1.29, 1.82) is 0 Å². The van der Waals surface area contributed by atoms with Gasteiger partial charge in [0.15, 0.2) is 0 Å². The Hall–Kier alpha value is -3.00. The quantitative estimate of drug-likeness (QED) is 0.717. The van der Waals surface area contributed by atoms with Crippen LogP contribution in [-0.2, 0) is 11.2 Å². The molecule has 1 aliphatic carbocycles. The molecule has 1 fully saturated rings. The van der Waals surface area contributed by atoms with Crippen molar-refractivity contribution in [2.45, 2.75) is 70.0 Å². The van der Waals surface area contributed by atoms with Gasteiger partial charge in [0.25, 0.3) is 11.8 Å². The first-order valence-corrected chi connectivity index (χ1v) is 11.0. The number of unbranched alkanes of at least 4 members (excludes halogenated alkanes) is 1. The molecular formula is C25H29N3O2. The van der Waals surface area contributed by atoms with Crippen LogP contribution in [0.2, 0.25) is 0 Å². The van der Waals surface area contributed by atoms with E-state index in [0.29, 0.717) is 11.6 Å². The van der Waals surface area contributed by atoms with Crippen molar-refractivity contribution in [1.82, 2.24) is 15.2 Å². The molecule has 2 heterocycles. The monoisotopic (exact) mass is 403 g/mol. The lowest BCUT2D eigenvalue weighted by Crippen LogP contribution is -2.47. The van der Waals surface area contributed by atoms with Crippen LogP contribution in [0.15, 0.2) is 36.5 Å². The summed E-state index contributed by atoms with van der Waals surface area (Å²) in [5.74, 6) is 2.02. The van der Waals surface area contributed by atoms with Crippen LogP contribution in [0.1, 0.15) is 78.7 Å². The molecule has 0 bridgehead atoms. The van der Waals surface area contributed by atoms with E-state index in [1.165, 1.54) is 12.0 Å². The predicted octanol–water partition coefficient (Wildman–Crippen LogP) is 3.96. The Morgan fingerprint density at radius 1 is 1.23 bits per heavy atom. The number of hydrogen-bond donors (Lipinski definition) is 2. The molecule has 156 valence electrons. The van der Waals surface area contributed by atoms with E-state index >= 15 is 0 Å². The maximum Gasteiger partial charge on any atom is 0.299 e. The summed E-state index contributed by atoms with van der Waals surface area (Å²) in [6.07, 6.45) is 14.6. The molecule has 30 heavy (non-hydrogen) atoms. The molecule has 1 saturated carbocycles. The van der Waals surface area contributed by atoms with Crippen LogP contribution in [0.5, 0.6) is 0 Å². The fourth-order valence-corrected chi connectivity index (χ4v) is 4.55. The second-order valence-electron chi connectivity index (χ2n) is 8.40. The average Bonchev–Trinajstić information content (AvgIpc) is 3.21. The lowest BCUT2D eigenvalue weighted by atomic mass is 9.87. The van der Waals surface area contributed by atoms with E-state index in [1.54, 1.807) is 0 Å². The molecule has 1 aromatic heterocycles. The van der Waals surface area contributed by atoms with Gasteiger partial charge < -0.3 is 15.2 Å². The first-order chi connectivity index (χ1) is 14.6. The van der Waals surface area contributed by atoms with Crippen LogP contribution < -0.4 is 5.32 Å². The highest BCUT2D eigenvalue weighted by atomic mass is 16.2. The van der Waals surface area contributed by atoms with Gasteiger partial charge in [-0.15, -0.1) is 6.42 Å². The van der Waals surface area contributed by atoms with Crippen molar-refractivity contribution in [3.05, 3.63) is 58.9 Å². The number of aromatic amines is 1. The fraction of sp³-hybridized carbons (Fsp3) is 0.440. The zero-order valence-electron chi connectivity index (χ0n) is 17.5. The summed E-state index contributed by atoms with van der Waals surface area (Å²) in [5, 5.41) is 3.07. The molecule has 2 aliphatic rings. The van der Waals surface area contributed by atoms with Crippen molar-refractivity contribution in [3.63, 3.8) is 0 Å². The lowest BCUT2D eigenvalue weighted by Gasteiger charge is -2.41. The molecule has 2 N–H and O–H groups in total. The van der Waals surface area contributed by atoms with Gasteiger partial charge in [-0.1, -0.05) is 31.9 Å². The minimum atomic E-state index is -0.284. The third kappa shape index (κ3) is 3.87. The lowest BCUT2D eigenvalue weighted by molar-refractivity contribution is -0.130. The average molecular weight is 404 g/mol. The standard InChI is InChI=1S/C25H29N3O2/c1-3-5-9-21-16-19-14-15-26-23(19)24(28(21)22(29)4-2)17-10-12-18(13-11-17)25(30)27-20-7-6-8-20/h2,10-15,20-21,24,26H,3,5-9,16H2,1H3,(H,27,30)/t21-,24-/m0/s1. The van der Waals surface area contributed by atoms with Gasteiger partial charge in [-0.2, -0.15) is 0 Å². The molecule has 0 radical (unpaired) electrons. The maximum atomic E-state index is 12.8. The van der Waals surface area contributed by atoms with Crippen molar-refractivity contribution in [2.75, 3.05) is 0 Å². The SMILES string of the molecule is C#CC(=O)N1[C@@H](CCCC)Cc2cc[nH]c2[C@@H]1c1ccc(C(=O)NC2CCC2)cc1. The van der Waals surface area contributed by atoms with Gasteiger partial charge in [-0.25, -0.2) is 0 Å². The number of nitrogens with zero attached hydrogens (tertiary/aromatic N) is 1. The van der Waals surface area contributed by atoms with Crippen molar-refractivity contribution >= 4 is 11.8 Å². The Morgan fingerprint density at radius 3 is 2.63 bits per heavy atom. The summed E-state index contributed by atoms with van der Waals surface area (Å²) in [4.78, 5) is 30.5. The van der Waals surface area contributed by atoms with Crippen LogP contribution in [-0.4, -0.2) is 33.8 Å². The van der Waals surface area contributed by atoms with E-state index in [1.807, 2.05) is 35.4 Å². The number of hydrogen-bond acceptors (Lipinski definition) is 2. The topological polar surface area (TPSA) is 65.2 Å². The summed E-state index contributed by atoms with van der Waals surface area (Å²) in [6.45, 7) is 2.16.